The normalized spacial score (nSPS) is 25.8. The van der Waals surface area contributed by atoms with Gasteiger partial charge in [0, 0.05) is 18.6 Å². The molecule has 8 heteroatoms. The van der Waals surface area contributed by atoms with E-state index in [1.165, 1.54) is 50.7 Å². The number of guanidine groups is 2. The molecule has 4 rings (SSSR count). The van der Waals surface area contributed by atoms with Crippen molar-refractivity contribution in [1.82, 2.24) is 9.80 Å². The Morgan fingerprint density at radius 2 is 1.90 bits per heavy atom. The molecule has 31 heavy (non-hydrogen) atoms. The summed E-state index contributed by atoms with van der Waals surface area (Å²) < 4.78 is 13.8. The largest absolute Gasteiger partial charge is 0.369 e. The van der Waals surface area contributed by atoms with Gasteiger partial charge in [0.25, 0.3) is 0 Å². The number of halogens is 1. The Bertz CT molecular complexity index is 803. The topological polar surface area (TPSA) is 86.5 Å². The minimum atomic E-state index is -0.728. The van der Waals surface area contributed by atoms with Crippen LogP contribution in [0.25, 0.3) is 0 Å². The number of nitrogens with zero attached hydrogens (tertiary/aromatic N) is 5. The molecule has 1 saturated carbocycles. The number of anilines is 1. The van der Waals surface area contributed by atoms with Crippen molar-refractivity contribution in [2.24, 2.45) is 21.5 Å². The highest BCUT2D eigenvalue weighted by Crippen LogP contribution is 2.27. The first-order chi connectivity index (χ1) is 15.1. The zero-order valence-electron chi connectivity index (χ0n) is 18.6. The monoisotopic (exact) mass is 429 g/mol. The van der Waals surface area contributed by atoms with Gasteiger partial charge in [-0.05, 0) is 57.0 Å². The highest BCUT2D eigenvalue weighted by Gasteiger charge is 2.33. The van der Waals surface area contributed by atoms with E-state index < -0.39 is 6.29 Å². The number of benzene rings is 1. The molecule has 2 fully saturated rings. The van der Waals surface area contributed by atoms with Crippen molar-refractivity contribution in [2.45, 2.75) is 76.7 Å². The van der Waals surface area contributed by atoms with Gasteiger partial charge in [-0.25, -0.2) is 9.38 Å². The molecule has 0 radical (unpaired) electrons. The molecular formula is C23H36FN7. The van der Waals surface area contributed by atoms with Crippen molar-refractivity contribution in [2.75, 3.05) is 24.5 Å². The molecule has 0 bridgehead atoms. The summed E-state index contributed by atoms with van der Waals surface area (Å²) in [6.45, 7) is 5.36. The van der Waals surface area contributed by atoms with E-state index in [1.807, 2.05) is 0 Å². The van der Waals surface area contributed by atoms with Crippen molar-refractivity contribution in [3.05, 3.63) is 30.1 Å². The maximum Gasteiger partial charge on any atom is 0.227 e. The molecule has 1 aliphatic carbocycles. The van der Waals surface area contributed by atoms with Gasteiger partial charge < -0.3 is 10.6 Å². The van der Waals surface area contributed by atoms with Crippen LogP contribution in [0.5, 0.6) is 0 Å². The van der Waals surface area contributed by atoms with Gasteiger partial charge in [0.1, 0.15) is 5.82 Å². The Hall–Kier alpha value is -2.19. The van der Waals surface area contributed by atoms with Crippen molar-refractivity contribution >= 4 is 17.6 Å². The number of likely N-dealkylation sites (N-methyl/N-ethyl adjacent to an activating group) is 1. The summed E-state index contributed by atoms with van der Waals surface area (Å²) in [6.07, 6.45) is 9.06. The predicted molar refractivity (Wildman–Crippen MR) is 124 cm³/mol. The molecule has 0 spiro atoms. The van der Waals surface area contributed by atoms with Gasteiger partial charge in [-0.3, -0.25) is 15.5 Å². The van der Waals surface area contributed by atoms with Crippen LogP contribution in [0.4, 0.5) is 10.1 Å². The van der Waals surface area contributed by atoms with E-state index in [-0.39, 0.29) is 11.8 Å². The van der Waals surface area contributed by atoms with Gasteiger partial charge in [0.15, 0.2) is 6.29 Å². The number of aliphatic imine (C=N–C) groups is 2. The minimum Gasteiger partial charge on any atom is -0.369 e. The second-order valence-electron chi connectivity index (χ2n) is 8.88. The van der Waals surface area contributed by atoms with E-state index in [2.05, 4.69) is 16.7 Å². The molecule has 1 aromatic rings. The van der Waals surface area contributed by atoms with Gasteiger partial charge in [0.05, 0.1) is 5.69 Å². The number of hydrogen-bond donors (Lipinski definition) is 2. The van der Waals surface area contributed by atoms with Crippen LogP contribution in [0, 0.1) is 5.82 Å². The Morgan fingerprint density at radius 3 is 2.58 bits per heavy atom. The van der Waals surface area contributed by atoms with Gasteiger partial charge in [-0.2, -0.15) is 4.99 Å². The zero-order chi connectivity index (χ0) is 21.8. The van der Waals surface area contributed by atoms with Gasteiger partial charge in [-0.1, -0.05) is 38.7 Å². The fourth-order valence-electron chi connectivity index (χ4n) is 5.25. The van der Waals surface area contributed by atoms with E-state index in [0.717, 1.165) is 32.5 Å². The molecule has 170 valence electrons. The number of rotatable bonds is 5. The van der Waals surface area contributed by atoms with Crippen LogP contribution < -0.4 is 16.4 Å². The third-order valence-electron chi connectivity index (χ3n) is 6.90. The second-order valence-corrected chi connectivity index (χ2v) is 8.88. The quantitative estimate of drug-likeness (QED) is 0.703. The average molecular weight is 430 g/mol. The highest BCUT2D eigenvalue weighted by molar-refractivity contribution is 6.05. The van der Waals surface area contributed by atoms with E-state index in [9.17, 15) is 4.39 Å². The minimum absolute atomic E-state index is 0.264. The lowest BCUT2D eigenvalue weighted by Gasteiger charge is -2.39. The fraction of sp³-hybridized carbons (Fsp3) is 0.652. The van der Waals surface area contributed by atoms with E-state index >= 15 is 0 Å². The maximum atomic E-state index is 13.8. The van der Waals surface area contributed by atoms with Crippen LogP contribution in [0.2, 0.25) is 0 Å². The summed E-state index contributed by atoms with van der Waals surface area (Å²) in [5.41, 5.74) is 13.3. The number of likely N-dealkylation sites (tertiary alicyclic amines) is 1. The van der Waals surface area contributed by atoms with Crippen molar-refractivity contribution in [1.29, 1.82) is 0 Å². The molecule has 1 saturated heterocycles. The Balaban J connectivity index is 1.60. The van der Waals surface area contributed by atoms with Crippen LogP contribution in [0.1, 0.15) is 58.3 Å². The van der Waals surface area contributed by atoms with Gasteiger partial charge >= 0.3 is 0 Å². The first-order valence-corrected chi connectivity index (χ1v) is 11.8. The lowest BCUT2D eigenvalue weighted by atomic mass is 10.1. The molecule has 2 unspecified atom stereocenters. The maximum absolute atomic E-state index is 13.8. The molecule has 2 aliphatic heterocycles. The number of nitrogens with two attached hydrogens (primary N) is 2. The lowest BCUT2D eigenvalue weighted by Crippen LogP contribution is -2.55. The molecule has 0 amide bonds. The second kappa shape index (κ2) is 9.96. The molecular weight excluding hydrogens is 393 g/mol. The SMILES string of the molecule is CCN1CCCC1CN(C1=NC(N)N(c2cccc(F)c2)C(N)=N1)C1CCCCCC1. The van der Waals surface area contributed by atoms with Crippen molar-refractivity contribution < 1.29 is 4.39 Å². The highest BCUT2D eigenvalue weighted by atomic mass is 19.1. The summed E-state index contributed by atoms with van der Waals surface area (Å²) in [6, 6.07) is 7.13. The molecule has 2 heterocycles. The van der Waals surface area contributed by atoms with Gasteiger partial charge in [0.2, 0.25) is 11.9 Å². The third-order valence-corrected chi connectivity index (χ3v) is 6.90. The van der Waals surface area contributed by atoms with Crippen molar-refractivity contribution in [3.8, 4) is 0 Å². The zero-order valence-corrected chi connectivity index (χ0v) is 18.6. The molecule has 2 atom stereocenters. The van der Waals surface area contributed by atoms with Crippen LogP contribution in [-0.4, -0.2) is 59.7 Å². The Labute approximate surface area is 185 Å². The standard InChI is InChI=1S/C23H36FN7/c1-2-29-14-8-13-20(29)16-30(18-10-5-3-4-6-11-18)23-27-21(25)31(22(26)28-23)19-12-7-9-17(24)15-19/h7,9,12,15,18,20-21H,2-6,8,10-11,13-14,16,25H2,1H3,(H2,26,27,28). The van der Waals surface area contributed by atoms with Crippen molar-refractivity contribution in [3.63, 3.8) is 0 Å². The lowest BCUT2D eigenvalue weighted by molar-refractivity contribution is 0.186. The molecule has 0 aromatic heterocycles. The average Bonchev–Trinajstić information content (AvgIpc) is 3.02. The first kappa shape index (κ1) is 22.0. The summed E-state index contributed by atoms with van der Waals surface area (Å²) in [7, 11) is 0. The third kappa shape index (κ3) is 5.01. The first-order valence-electron chi connectivity index (χ1n) is 11.8. The number of hydrogen-bond acceptors (Lipinski definition) is 7. The van der Waals surface area contributed by atoms with Crippen LogP contribution in [0.15, 0.2) is 34.3 Å². The predicted octanol–water partition coefficient (Wildman–Crippen LogP) is 3.07. The Morgan fingerprint density at radius 1 is 1.13 bits per heavy atom. The molecule has 1 aromatic carbocycles. The van der Waals surface area contributed by atoms with Crippen LogP contribution in [-0.2, 0) is 0 Å². The van der Waals surface area contributed by atoms with E-state index in [4.69, 9.17) is 21.5 Å². The van der Waals surface area contributed by atoms with Crippen LogP contribution in [0.3, 0.4) is 0 Å². The summed E-state index contributed by atoms with van der Waals surface area (Å²) in [5, 5.41) is 0. The molecule has 7 nitrogen and oxygen atoms in total. The summed E-state index contributed by atoms with van der Waals surface area (Å²) in [4.78, 5) is 16.0. The molecule has 4 N–H and O–H groups in total. The smallest absolute Gasteiger partial charge is 0.227 e. The molecule has 3 aliphatic rings. The van der Waals surface area contributed by atoms with Gasteiger partial charge in [-0.15, -0.1) is 0 Å². The van der Waals surface area contributed by atoms with Crippen LogP contribution >= 0.6 is 0 Å². The van der Waals surface area contributed by atoms with E-state index in [1.54, 1.807) is 17.0 Å². The fourth-order valence-corrected chi connectivity index (χ4v) is 5.25. The summed E-state index contributed by atoms with van der Waals surface area (Å²) >= 11 is 0. The summed E-state index contributed by atoms with van der Waals surface area (Å²) in [5.74, 6) is 0.557. The van der Waals surface area contributed by atoms with E-state index in [0.29, 0.717) is 23.7 Å². The Kier molecular flexibility index (Phi) is 7.07.